The van der Waals surface area contributed by atoms with Gasteiger partial charge in [-0.3, -0.25) is 4.68 Å². The van der Waals surface area contributed by atoms with Gasteiger partial charge < -0.3 is 15.8 Å². The number of rotatable bonds is 5. The third-order valence-corrected chi connectivity index (χ3v) is 2.78. The van der Waals surface area contributed by atoms with Crippen molar-refractivity contribution in [3.8, 4) is 5.75 Å². The van der Waals surface area contributed by atoms with Gasteiger partial charge >= 0.3 is 0 Å². The molecule has 0 bridgehead atoms. The first kappa shape index (κ1) is 13.2. The third-order valence-electron chi connectivity index (χ3n) is 2.78. The molecule has 0 unspecified atom stereocenters. The van der Waals surface area contributed by atoms with Crippen LogP contribution >= 0.6 is 0 Å². The number of anilines is 2. The molecule has 5 nitrogen and oxygen atoms in total. The van der Waals surface area contributed by atoms with Crippen LogP contribution in [0.25, 0.3) is 0 Å². The Balaban J connectivity index is 1.99. The second-order valence-electron chi connectivity index (χ2n) is 4.23. The lowest BCUT2D eigenvalue weighted by Gasteiger charge is -2.10. The molecule has 2 aromatic rings. The molecule has 0 amide bonds. The summed E-state index contributed by atoms with van der Waals surface area (Å²) in [6, 6.07) is 4.74. The van der Waals surface area contributed by atoms with Crippen LogP contribution < -0.4 is 15.8 Å². The van der Waals surface area contributed by atoms with Gasteiger partial charge in [-0.15, -0.1) is 0 Å². The van der Waals surface area contributed by atoms with Crippen molar-refractivity contribution in [3.05, 3.63) is 35.9 Å². The summed E-state index contributed by atoms with van der Waals surface area (Å²) in [4.78, 5) is 0. The molecule has 3 N–H and O–H groups in total. The summed E-state index contributed by atoms with van der Waals surface area (Å²) in [6.07, 6.45) is 2.59. The molecule has 0 saturated heterocycles. The van der Waals surface area contributed by atoms with E-state index in [1.807, 2.05) is 19.3 Å². The molecule has 19 heavy (non-hydrogen) atoms. The number of hydrogen-bond acceptors (Lipinski definition) is 4. The largest absolute Gasteiger partial charge is 0.495 e. The molecule has 0 fully saturated rings. The van der Waals surface area contributed by atoms with Crippen molar-refractivity contribution in [3.63, 3.8) is 0 Å². The highest BCUT2D eigenvalue weighted by Crippen LogP contribution is 2.28. The number of halogens is 1. The van der Waals surface area contributed by atoms with Crippen LogP contribution in [0.4, 0.5) is 15.8 Å². The number of hydrogen-bond donors (Lipinski definition) is 2. The summed E-state index contributed by atoms with van der Waals surface area (Å²) in [6.45, 7) is 0.584. The lowest BCUT2D eigenvalue weighted by atomic mass is 10.2. The minimum absolute atomic E-state index is 0.287. The van der Waals surface area contributed by atoms with Crippen LogP contribution in [0.3, 0.4) is 0 Å². The highest BCUT2D eigenvalue weighted by Gasteiger charge is 2.08. The van der Waals surface area contributed by atoms with Gasteiger partial charge in [-0.1, -0.05) is 0 Å². The Morgan fingerprint density at radius 3 is 2.89 bits per heavy atom. The summed E-state index contributed by atoms with van der Waals surface area (Å²) in [5, 5.41) is 7.26. The van der Waals surface area contributed by atoms with E-state index in [2.05, 4.69) is 10.4 Å². The van der Waals surface area contributed by atoms with Crippen LogP contribution in [0.2, 0.25) is 0 Å². The zero-order valence-corrected chi connectivity index (χ0v) is 11.0. The van der Waals surface area contributed by atoms with E-state index < -0.39 is 0 Å². The van der Waals surface area contributed by atoms with Gasteiger partial charge in [0.25, 0.3) is 0 Å². The van der Waals surface area contributed by atoms with Crippen LogP contribution in [-0.4, -0.2) is 23.4 Å². The lowest BCUT2D eigenvalue weighted by Crippen LogP contribution is -2.08. The van der Waals surface area contributed by atoms with Gasteiger partial charge in [0.05, 0.1) is 24.2 Å². The monoisotopic (exact) mass is 264 g/mol. The number of aryl methyl sites for hydroxylation is 1. The Morgan fingerprint density at radius 1 is 1.47 bits per heavy atom. The number of benzene rings is 1. The van der Waals surface area contributed by atoms with Gasteiger partial charge in [0, 0.05) is 38.3 Å². The molecular formula is C13H17FN4O. The third kappa shape index (κ3) is 3.15. The Labute approximate surface area is 111 Å². The minimum Gasteiger partial charge on any atom is -0.495 e. The van der Waals surface area contributed by atoms with Gasteiger partial charge in [-0.05, 0) is 6.07 Å². The van der Waals surface area contributed by atoms with Gasteiger partial charge in [0.2, 0.25) is 0 Å². The number of nitrogens with one attached hydrogen (secondary N) is 1. The maximum absolute atomic E-state index is 13.7. The number of nitrogens with zero attached hydrogens (tertiary/aromatic N) is 2. The highest BCUT2D eigenvalue weighted by atomic mass is 19.1. The predicted octanol–water partition coefficient (Wildman–Crippen LogP) is 1.80. The quantitative estimate of drug-likeness (QED) is 0.808. The van der Waals surface area contributed by atoms with Crippen LogP contribution in [-0.2, 0) is 13.5 Å². The first-order valence-corrected chi connectivity index (χ1v) is 5.95. The van der Waals surface area contributed by atoms with Gasteiger partial charge in [0.1, 0.15) is 11.6 Å². The summed E-state index contributed by atoms with van der Waals surface area (Å²) in [5.74, 6) is 0.0704. The molecular weight excluding hydrogens is 247 g/mol. The molecule has 1 heterocycles. The fourth-order valence-electron chi connectivity index (χ4n) is 1.80. The first-order chi connectivity index (χ1) is 9.10. The topological polar surface area (TPSA) is 65.1 Å². The fourth-order valence-corrected chi connectivity index (χ4v) is 1.80. The van der Waals surface area contributed by atoms with E-state index in [0.29, 0.717) is 24.4 Å². The maximum atomic E-state index is 13.7. The molecule has 1 aromatic heterocycles. The zero-order valence-electron chi connectivity index (χ0n) is 11.0. The summed E-state index contributed by atoms with van der Waals surface area (Å²) in [7, 11) is 3.36. The van der Waals surface area contributed by atoms with E-state index in [0.717, 1.165) is 5.69 Å². The number of ether oxygens (including phenoxy) is 1. The van der Waals surface area contributed by atoms with E-state index in [-0.39, 0.29) is 11.5 Å². The number of aromatic nitrogens is 2. The molecule has 0 atom stereocenters. The molecule has 6 heteroatoms. The summed E-state index contributed by atoms with van der Waals surface area (Å²) < 4.78 is 20.5. The molecule has 0 spiro atoms. The molecule has 0 aliphatic rings. The molecule has 2 rings (SSSR count). The van der Waals surface area contributed by atoms with Gasteiger partial charge in [-0.2, -0.15) is 5.10 Å². The van der Waals surface area contributed by atoms with E-state index in [1.165, 1.54) is 13.2 Å². The zero-order chi connectivity index (χ0) is 13.8. The number of nitrogens with two attached hydrogens (primary N) is 1. The molecule has 0 aliphatic carbocycles. The van der Waals surface area contributed by atoms with E-state index in [4.69, 9.17) is 10.5 Å². The van der Waals surface area contributed by atoms with Crippen molar-refractivity contribution in [1.29, 1.82) is 0 Å². The Morgan fingerprint density at radius 2 is 2.26 bits per heavy atom. The Bertz CT molecular complexity index is 568. The van der Waals surface area contributed by atoms with E-state index in [9.17, 15) is 4.39 Å². The van der Waals surface area contributed by atoms with Crippen molar-refractivity contribution in [2.75, 3.05) is 24.7 Å². The summed E-state index contributed by atoms with van der Waals surface area (Å²) >= 11 is 0. The fraction of sp³-hybridized carbons (Fsp3) is 0.308. The molecule has 102 valence electrons. The van der Waals surface area contributed by atoms with Crippen LogP contribution in [0.5, 0.6) is 5.75 Å². The predicted molar refractivity (Wildman–Crippen MR) is 72.8 cm³/mol. The van der Waals surface area contributed by atoms with Crippen molar-refractivity contribution >= 4 is 11.4 Å². The Hall–Kier alpha value is -2.24. The highest BCUT2D eigenvalue weighted by molar-refractivity contribution is 5.62. The molecule has 0 radical (unpaired) electrons. The number of nitrogen functional groups attached to an aromatic ring is 1. The second-order valence-corrected chi connectivity index (χ2v) is 4.23. The SMILES string of the molecule is COc1cc(NCCc2ccn(C)n2)c(F)cc1N. The molecule has 0 saturated carbocycles. The average Bonchev–Trinajstić information content (AvgIpc) is 2.78. The van der Waals surface area contributed by atoms with E-state index in [1.54, 1.807) is 10.7 Å². The standard InChI is InChI=1S/C13H17FN4O/c1-18-6-4-9(17-18)3-5-16-12-8-13(19-2)11(15)7-10(12)14/h4,6-8,16H,3,5,15H2,1-2H3. The smallest absolute Gasteiger partial charge is 0.148 e. The number of methoxy groups -OCH3 is 1. The van der Waals surface area contributed by atoms with Crippen LogP contribution in [0, 0.1) is 5.82 Å². The van der Waals surface area contributed by atoms with Crippen LogP contribution in [0.15, 0.2) is 24.4 Å². The minimum atomic E-state index is -0.390. The second kappa shape index (κ2) is 5.60. The van der Waals surface area contributed by atoms with Gasteiger partial charge in [-0.25, -0.2) is 4.39 Å². The lowest BCUT2D eigenvalue weighted by molar-refractivity contribution is 0.416. The first-order valence-electron chi connectivity index (χ1n) is 5.95. The maximum Gasteiger partial charge on any atom is 0.148 e. The van der Waals surface area contributed by atoms with Crippen molar-refractivity contribution < 1.29 is 9.13 Å². The average molecular weight is 264 g/mol. The van der Waals surface area contributed by atoms with Crippen LogP contribution in [0.1, 0.15) is 5.69 Å². The van der Waals surface area contributed by atoms with Gasteiger partial charge in [0.15, 0.2) is 0 Å². The van der Waals surface area contributed by atoms with Crippen molar-refractivity contribution in [2.24, 2.45) is 7.05 Å². The summed E-state index contributed by atoms with van der Waals surface area (Å²) in [5.41, 5.74) is 7.24. The normalized spacial score (nSPS) is 10.5. The van der Waals surface area contributed by atoms with Crippen molar-refractivity contribution in [1.82, 2.24) is 9.78 Å². The molecule has 0 aliphatic heterocycles. The molecule has 1 aromatic carbocycles. The van der Waals surface area contributed by atoms with E-state index >= 15 is 0 Å². The Kier molecular flexibility index (Phi) is 3.89. The van der Waals surface area contributed by atoms with Crippen molar-refractivity contribution in [2.45, 2.75) is 6.42 Å².